The Labute approximate surface area is 135 Å². The van der Waals surface area contributed by atoms with Gasteiger partial charge in [-0.05, 0) is 30.3 Å². The molecule has 0 unspecified atom stereocenters. The van der Waals surface area contributed by atoms with E-state index in [-0.39, 0.29) is 24.8 Å². The van der Waals surface area contributed by atoms with Gasteiger partial charge in [-0.2, -0.15) is 5.26 Å². The molecule has 0 saturated heterocycles. The van der Waals surface area contributed by atoms with Crippen LogP contribution in [0.4, 0.5) is 10.1 Å². The Morgan fingerprint density at radius 3 is 2.48 bits per heavy atom. The third-order valence-corrected chi connectivity index (χ3v) is 3.48. The molecule has 2 rings (SSSR count). The number of rotatable bonds is 5. The molecule has 1 amide bonds. The van der Waals surface area contributed by atoms with Crippen LogP contribution in [0.3, 0.4) is 0 Å². The zero-order valence-electron chi connectivity index (χ0n) is 13.2. The van der Waals surface area contributed by atoms with Gasteiger partial charge in [0.25, 0.3) is 0 Å². The van der Waals surface area contributed by atoms with E-state index in [0.717, 1.165) is 5.69 Å². The lowest BCUT2D eigenvalue weighted by molar-refractivity contribution is -0.127. The van der Waals surface area contributed by atoms with Crippen LogP contribution in [-0.2, 0) is 11.3 Å². The average molecular weight is 311 g/mol. The maximum absolute atomic E-state index is 14.0. The molecule has 5 heteroatoms. The standard InChI is InChI=1S/C18H18FN3O/c1-21(2)18(23)13-22(16-6-4-3-5-7-16)12-15-10-14(11-20)8-9-17(15)19/h3-10H,12-13H2,1-2H3. The summed E-state index contributed by atoms with van der Waals surface area (Å²) >= 11 is 0. The summed E-state index contributed by atoms with van der Waals surface area (Å²) in [4.78, 5) is 15.4. The van der Waals surface area contributed by atoms with Crippen molar-refractivity contribution in [2.45, 2.75) is 6.54 Å². The fourth-order valence-corrected chi connectivity index (χ4v) is 2.15. The van der Waals surface area contributed by atoms with E-state index < -0.39 is 0 Å². The molecule has 0 saturated carbocycles. The van der Waals surface area contributed by atoms with E-state index >= 15 is 0 Å². The number of nitriles is 1. The minimum atomic E-state index is -0.387. The minimum absolute atomic E-state index is 0.0781. The number of para-hydroxylation sites is 1. The van der Waals surface area contributed by atoms with E-state index in [4.69, 9.17) is 5.26 Å². The molecule has 0 atom stereocenters. The van der Waals surface area contributed by atoms with Crippen LogP contribution >= 0.6 is 0 Å². The van der Waals surface area contributed by atoms with E-state index in [1.54, 1.807) is 19.0 Å². The summed E-state index contributed by atoms with van der Waals surface area (Å²) < 4.78 is 14.0. The van der Waals surface area contributed by atoms with Crippen molar-refractivity contribution in [2.24, 2.45) is 0 Å². The fourth-order valence-electron chi connectivity index (χ4n) is 2.15. The highest BCUT2D eigenvalue weighted by Gasteiger charge is 2.15. The molecule has 0 heterocycles. The van der Waals surface area contributed by atoms with Gasteiger partial charge in [-0.3, -0.25) is 4.79 Å². The Kier molecular flexibility index (Phi) is 5.32. The zero-order valence-corrected chi connectivity index (χ0v) is 13.2. The van der Waals surface area contributed by atoms with E-state index in [2.05, 4.69) is 0 Å². The quantitative estimate of drug-likeness (QED) is 0.853. The largest absolute Gasteiger partial charge is 0.358 e. The molecule has 0 bridgehead atoms. The predicted octanol–water partition coefficient (Wildman–Crippen LogP) is 2.79. The van der Waals surface area contributed by atoms with E-state index in [0.29, 0.717) is 11.1 Å². The molecule has 0 aliphatic heterocycles. The summed E-state index contributed by atoms with van der Waals surface area (Å²) in [7, 11) is 3.37. The fraction of sp³-hybridized carbons (Fsp3) is 0.222. The predicted molar refractivity (Wildman–Crippen MR) is 87.3 cm³/mol. The number of likely N-dealkylation sites (N-methyl/N-ethyl adjacent to an activating group) is 1. The lowest BCUT2D eigenvalue weighted by Crippen LogP contribution is -2.36. The first kappa shape index (κ1) is 16.5. The molecule has 0 aliphatic rings. The van der Waals surface area contributed by atoms with Gasteiger partial charge in [0, 0.05) is 31.9 Å². The van der Waals surface area contributed by atoms with Crippen LogP contribution in [0.2, 0.25) is 0 Å². The highest BCUT2D eigenvalue weighted by atomic mass is 19.1. The summed E-state index contributed by atoms with van der Waals surface area (Å²) in [5, 5.41) is 8.98. The highest BCUT2D eigenvalue weighted by molar-refractivity contribution is 5.81. The molecule has 0 aliphatic carbocycles. The van der Waals surface area contributed by atoms with Crippen molar-refractivity contribution in [3.8, 4) is 6.07 Å². The molecule has 0 radical (unpaired) electrons. The van der Waals surface area contributed by atoms with Crippen LogP contribution in [0.1, 0.15) is 11.1 Å². The number of anilines is 1. The van der Waals surface area contributed by atoms with Crippen LogP contribution in [0, 0.1) is 17.1 Å². The second-order valence-electron chi connectivity index (χ2n) is 5.40. The first-order chi connectivity index (χ1) is 11.0. The molecular formula is C18H18FN3O. The van der Waals surface area contributed by atoms with Gasteiger partial charge < -0.3 is 9.80 Å². The summed E-state index contributed by atoms with van der Waals surface area (Å²) in [5.74, 6) is -0.465. The molecule has 0 spiro atoms. The molecule has 4 nitrogen and oxygen atoms in total. The number of amides is 1. The van der Waals surface area contributed by atoms with Crippen LogP contribution in [-0.4, -0.2) is 31.4 Å². The van der Waals surface area contributed by atoms with Gasteiger partial charge in [0.1, 0.15) is 5.82 Å². The second-order valence-corrected chi connectivity index (χ2v) is 5.40. The van der Waals surface area contributed by atoms with Crippen molar-refractivity contribution in [2.75, 3.05) is 25.5 Å². The highest BCUT2D eigenvalue weighted by Crippen LogP contribution is 2.19. The van der Waals surface area contributed by atoms with Crippen molar-refractivity contribution >= 4 is 11.6 Å². The number of carbonyl (C=O) groups is 1. The molecule has 0 fully saturated rings. The average Bonchev–Trinajstić information content (AvgIpc) is 2.56. The lowest BCUT2D eigenvalue weighted by atomic mass is 10.1. The molecule has 118 valence electrons. The lowest BCUT2D eigenvalue weighted by Gasteiger charge is -2.26. The molecule has 0 aromatic heterocycles. The van der Waals surface area contributed by atoms with Gasteiger partial charge in [-0.1, -0.05) is 18.2 Å². The Morgan fingerprint density at radius 1 is 1.17 bits per heavy atom. The molecule has 23 heavy (non-hydrogen) atoms. The minimum Gasteiger partial charge on any atom is -0.358 e. The Bertz CT molecular complexity index is 723. The Balaban J connectivity index is 2.31. The van der Waals surface area contributed by atoms with Gasteiger partial charge >= 0.3 is 0 Å². The SMILES string of the molecule is CN(C)C(=O)CN(Cc1cc(C#N)ccc1F)c1ccccc1. The van der Waals surface area contributed by atoms with Gasteiger partial charge in [-0.25, -0.2) is 4.39 Å². The van der Waals surface area contributed by atoms with Crippen molar-refractivity contribution < 1.29 is 9.18 Å². The smallest absolute Gasteiger partial charge is 0.241 e. The maximum atomic E-state index is 14.0. The van der Waals surface area contributed by atoms with Crippen molar-refractivity contribution in [3.63, 3.8) is 0 Å². The number of hydrogen-bond donors (Lipinski definition) is 0. The molecule has 2 aromatic carbocycles. The second kappa shape index (κ2) is 7.41. The maximum Gasteiger partial charge on any atom is 0.241 e. The number of hydrogen-bond acceptors (Lipinski definition) is 3. The van der Waals surface area contributed by atoms with Crippen LogP contribution in [0.25, 0.3) is 0 Å². The van der Waals surface area contributed by atoms with Gasteiger partial charge in [0.2, 0.25) is 5.91 Å². The Hall–Kier alpha value is -2.87. The van der Waals surface area contributed by atoms with E-state index in [9.17, 15) is 9.18 Å². The van der Waals surface area contributed by atoms with Gasteiger partial charge in [0.15, 0.2) is 0 Å². The number of nitrogens with zero attached hydrogens (tertiary/aromatic N) is 3. The Morgan fingerprint density at radius 2 is 1.87 bits per heavy atom. The van der Waals surface area contributed by atoms with Crippen molar-refractivity contribution in [1.29, 1.82) is 5.26 Å². The number of benzene rings is 2. The number of carbonyl (C=O) groups excluding carboxylic acids is 1. The van der Waals surface area contributed by atoms with Crippen molar-refractivity contribution in [1.82, 2.24) is 4.90 Å². The molecule has 2 aromatic rings. The zero-order chi connectivity index (χ0) is 16.8. The summed E-state index contributed by atoms with van der Waals surface area (Å²) in [6, 6.07) is 15.6. The van der Waals surface area contributed by atoms with Crippen LogP contribution in [0.5, 0.6) is 0 Å². The van der Waals surface area contributed by atoms with E-state index in [1.807, 2.05) is 36.4 Å². The number of halogens is 1. The van der Waals surface area contributed by atoms with Gasteiger partial charge in [0.05, 0.1) is 18.2 Å². The third-order valence-electron chi connectivity index (χ3n) is 3.48. The molecular weight excluding hydrogens is 293 g/mol. The van der Waals surface area contributed by atoms with E-state index in [1.165, 1.54) is 23.1 Å². The summed E-state index contributed by atoms with van der Waals surface area (Å²) in [6.45, 7) is 0.345. The third kappa shape index (κ3) is 4.30. The summed E-state index contributed by atoms with van der Waals surface area (Å²) in [5.41, 5.74) is 1.61. The van der Waals surface area contributed by atoms with Gasteiger partial charge in [-0.15, -0.1) is 0 Å². The summed E-state index contributed by atoms with van der Waals surface area (Å²) in [6.07, 6.45) is 0. The normalized spacial score (nSPS) is 10.0. The first-order valence-corrected chi connectivity index (χ1v) is 7.20. The van der Waals surface area contributed by atoms with Crippen molar-refractivity contribution in [3.05, 3.63) is 65.5 Å². The first-order valence-electron chi connectivity index (χ1n) is 7.20. The monoisotopic (exact) mass is 311 g/mol. The van der Waals surface area contributed by atoms with Crippen LogP contribution < -0.4 is 4.90 Å². The topological polar surface area (TPSA) is 47.3 Å². The van der Waals surface area contributed by atoms with Crippen LogP contribution in [0.15, 0.2) is 48.5 Å². The molecule has 0 N–H and O–H groups in total.